The Hall–Kier alpha value is -4.04. The minimum absolute atomic E-state index is 0.0615. The van der Waals surface area contributed by atoms with Crippen LogP contribution in [-0.4, -0.2) is 40.7 Å². The van der Waals surface area contributed by atoms with Gasteiger partial charge in [-0.1, -0.05) is 48.5 Å². The molecule has 0 saturated carbocycles. The third-order valence-electron chi connectivity index (χ3n) is 6.66. The van der Waals surface area contributed by atoms with E-state index >= 15 is 0 Å². The maximum atomic E-state index is 14.1. The van der Waals surface area contributed by atoms with Gasteiger partial charge >= 0.3 is 0 Å². The Bertz CT molecular complexity index is 1360. The van der Waals surface area contributed by atoms with Gasteiger partial charge in [0.2, 0.25) is 11.8 Å². The second-order valence-corrected chi connectivity index (χ2v) is 10.7. The molecule has 1 heterocycles. The van der Waals surface area contributed by atoms with E-state index in [4.69, 9.17) is 5.73 Å². The largest absolute Gasteiger partial charge is 0.352 e. The summed E-state index contributed by atoms with van der Waals surface area (Å²) in [5.74, 6) is -1.07. The highest BCUT2D eigenvalue weighted by atomic mass is 19.1. The standard InChI is InChI=1S/C31H35FN4O3/c1-4-34-29(38)26-8-6-5-7-25(26)21-11-9-20(10-12-21)18-36-19-22-13-14-24(32)15-23(22)16-27(30(36)39)35-28(37)17-31(2,3)33/h5-15,27H,4,16-19,33H2,1-3H3,(H,34,38)(H,35,37)/t27-/m1/s1. The zero-order chi connectivity index (χ0) is 28.2. The first kappa shape index (κ1) is 28.0. The Morgan fingerprint density at radius 1 is 1.05 bits per heavy atom. The second kappa shape index (κ2) is 11.8. The van der Waals surface area contributed by atoms with Crippen LogP contribution in [0.1, 0.15) is 54.2 Å². The van der Waals surface area contributed by atoms with Gasteiger partial charge in [0.15, 0.2) is 0 Å². The third kappa shape index (κ3) is 7.09. The molecule has 1 atom stereocenters. The molecule has 0 fully saturated rings. The lowest BCUT2D eigenvalue weighted by Crippen LogP contribution is -2.50. The highest BCUT2D eigenvalue weighted by Crippen LogP contribution is 2.26. The Morgan fingerprint density at radius 3 is 2.46 bits per heavy atom. The van der Waals surface area contributed by atoms with E-state index in [9.17, 15) is 18.8 Å². The van der Waals surface area contributed by atoms with Crippen molar-refractivity contribution in [2.75, 3.05) is 6.54 Å². The molecule has 0 aliphatic carbocycles. The van der Waals surface area contributed by atoms with E-state index in [0.29, 0.717) is 30.8 Å². The molecule has 8 heteroatoms. The van der Waals surface area contributed by atoms with Crippen LogP contribution in [0.5, 0.6) is 0 Å². The number of halogens is 1. The van der Waals surface area contributed by atoms with E-state index in [2.05, 4.69) is 10.6 Å². The molecule has 0 unspecified atom stereocenters. The Balaban J connectivity index is 1.58. The molecule has 3 aromatic rings. The van der Waals surface area contributed by atoms with Crippen LogP contribution in [-0.2, 0) is 29.1 Å². The van der Waals surface area contributed by atoms with Crippen molar-refractivity contribution >= 4 is 17.7 Å². The molecule has 7 nitrogen and oxygen atoms in total. The van der Waals surface area contributed by atoms with E-state index in [-0.39, 0.29) is 36.4 Å². The van der Waals surface area contributed by atoms with E-state index < -0.39 is 11.6 Å². The monoisotopic (exact) mass is 530 g/mol. The number of benzene rings is 3. The molecule has 204 valence electrons. The average Bonchev–Trinajstić information content (AvgIpc) is 2.99. The van der Waals surface area contributed by atoms with Gasteiger partial charge in [0.05, 0.1) is 0 Å². The summed E-state index contributed by atoms with van der Waals surface area (Å²) >= 11 is 0. The highest BCUT2D eigenvalue weighted by Gasteiger charge is 2.32. The normalized spacial score (nSPS) is 15.4. The minimum atomic E-state index is -0.828. The lowest BCUT2D eigenvalue weighted by Gasteiger charge is -2.26. The minimum Gasteiger partial charge on any atom is -0.352 e. The lowest BCUT2D eigenvalue weighted by molar-refractivity contribution is -0.137. The topological polar surface area (TPSA) is 105 Å². The van der Waals surface area contributed by atoms with Crippen molar-refractivity contribution in [1.29, 1.82) is 0 Å². The average molecular weight is 531 g/mol. The van der Waals surface area contributed by atoms with Crippen LogP contribution in [0.25, 0.3) is 11.1 Å². The Labute approximate surface area is 228 Å². The fourth-order valence-electron chi connectivity index (χ4n) is 4.85. The molecule has 3 amide bonds. The second-order valence-electron chi connectivity index (χ2n) is 10.7. The van der Waals surface area contributed by atoms with Crippen LogP contribution in [0.2, 0.25) is 0 Å². The quantitative estimate of drug-likeness (QED) is 0.410. The number of rotatable bonds is 8. The molecule has 0 bridgehead atoms. The van der Waals surface area contributed by atoms with Crippen molar-refractivity contribution in [1.82, 2.24) is 15.5 Å². The molecular weight excluding hydrogens is 495 g/mol. The van der Waals surface area contributed by atoms with Crippen LogP contribution < -0.4 is 16.4 Å². The van der Waals surface area contributed by atoms with Gasteiger partial charge in [-0.25, -0.2) is 4.39 Å². The summed E-state index contributed by atoms with van der Waals surface area (Å²) in [6, 6.07) is 18.8. The number of nitrogens with zero attached hydrogens (tertiary/aromatic N) is 1. The first-order valence-electron chi connectivity index (χ1n) is 13.1. The molecule has 39 heavy (non-hydrogen) atoms. The lowest BCUT2D eigenvalue weighted by atomic mass is 9.98. The van der Waals surface area contributed by atoms with E-state index in [0.717, 1.165) is 22.3 Å². The molecule has 4 N–H and O–H groups in total. The smallest absolute Gasteiger partial charge is 0.251 e. The fourth-order valence-corrected chi connectivity index (χ4v) is 4.85. The molecule has 0 spiro atoms. The Kier molecular flexibility index (Phi) is 8.45. The van der Waals surface area contributed by atoms with E-state index in [1.165, 1.54) is 12.1 Å². The number of fused-ring (bicyclic) bond motifs is 1. The van der Waals surface area contributed by atoms with Crippen LogP contribution in [0.3, 0.4) is 0 Å². The molecule has 3 aromatic carbocycles. The van der Waals surface area contributed by atoms with Crippen LogP contribution in [0.15, 0.2) is 66.7 Å². The summed E-state index contributed by atoms with van der Waals surface area (Å²) in [6.07, 6.45) is 0.265. The summed E-state index contributed by atoms with van der Waals surface area (Å²) in [4.78, 5) is 40.5. The first-order valence-corrected chi connectivity index (χ1v) is 13.1. The van der Waals surface area contributed by atoms with Crippen LogP contribution in [0.4, 0.5) is 4.39 Å². The molecule has 1 aliphatic heterocycles. The maximum Gasteiger partial charge on any atom is 0.251 e. The van der Waals surface area contributed by atoms with Crippen molar-refractivity contribution in [3.63, 3.8) is 0 Å². The number of carbonyl (C=O) groups is 3. The highest BCUT2D eigenvalue weighted by molar-refractivity contribution is 6.00. The summed E-state index contributed by atoms with van der Waals surface area (Å²) in [5, 5.41) is 5.67. The van der Waals surface area contributed by atoms with Crippen molar-refractivity contribution in [3.05, 3.63) is 94.8 Å². The SMILES string of the molecule is CCNC(=O)c1ccccc1-c1ccc(CN2Cc3ccc(F)cc3C[C@@H](NC(=O)CC(C)(C)N)C2=O)cc1. The number of nitrogens with two attached hydrogens (primary N) is 1. The van der Waals surface area contributed by atoms with Crippen LogP contribution >= 0.6 is 0 Å². The number of amides is 3. The number of carbonyl (C=O) groups excluding carboxylic acids is 3. The predicted molar refractivity (Wildman–Crippen MR) is 149 cm³/mol. The van der Waals surface area contributed by atoms with Crippen molar-refractivity contribution < 1.29 is 18.8 Å². The third-order valence-corrected chi connectivity index (χ3v) is 6.66. The molecule has 0 aromatic heterocycles. The van der Waals surface area contributed by atoms with Gasteiger partial charge < -0.3 is 21.3 Å². The van der Waals surface area contributed by atoms with Gasteiger partial charge in [-0.05, 0) is 66.8 Å². The number of hydrogen-bond acceptors (Lipinski definition) is 4. The van der Waals surface area contributed by atoms with Gasteiger partial charge in [-0.3, -0.25) is 14.4 Å². The van der Waals surface area contributed by atoms with Gasteiger partial charge in [-0.2, -0.15) is 0 Å². The van der Waals surface area contributed by atoms with Crippen molar-refractivity contribution in [2.24, 2.45) is 5.73 Å². The summed E-state index contributed by atoms with van der Waals surface area (Å²) in [7, 11) is 0. The van der Waals surface area contributed by atoms with Crippen LogP contribution in [0, 0.1) is 5.82 Å². The van der Waals surface area contributed by atoms with E-state index in [1.54, 1.807) is 30.9 Å². The molecule has 0 saturated heterocycles. The number of nitrogens with one attached hydrogen (secondary N) is 2. The van der Waals surface area contributed by atoms with Gasteiger partial charge in [0, 0.05) is 43.6 Å². The Morgan fingerprint density at radius 2 is 1.77 bits per heavy atom. The maximum absolute atomic E-state index is 14.1. The molecule has 1 aliphatic rings. The first-order chi connectivity index (χ1) is 18.5. The summed E-state index contributed by atoms with van der Waals surface area (Å²) in [6.45, 7) is 6.52. The van der Waals surface area contributed by atoms with Gasteiger partial charge in [-0.15, -0.1) is 0 Å². The van der Waals surface area contributed by atoms with Gasteiger partial charge in [0.25, 0.3) is 5.91 Å². The van der Waals surface area contributed by atoms with Crippen molar-refractivity contribution in [3.8, 4) is 11.1 Å². The number of hydrogen-bond donors (Lipinski definition) is 3. The molecule has 4 rings (SSSR count). The summed E-state index contributed by atoms with van der Waals surface area (Å²) in [5.41, 5.74) is 10.0. The zero-order valence-corrected chi connectivity index (χ0v) is 22.6. The fraction of sp³-hybridized carbons (Fsp3) is 0.323. The molecule has 0 radical (unpaired) electrons. The summed E-state index contributed by atoms with van der Waals surface area (Å²) < 4.78 is 14.1. The predicted octanol–water partition coefficient (Wildman–Crippen LogP) is 3.94. The van der Waals surface area contributed by atoms with E-state index in [1.807, 2.05) is 49.4 Å². The van der Waals surface area contributed by atoms with Gasteiger partial charge in [0.1, 0.15) is 11.9 Å². The zero-order valence-electron chi connectivity index (χ0n) is 22.6. The molecular formula is C31H35FN4O3. The van der Waals surface area contributed by atoms with Crippen molar-refractivity contribution in [2.45, 2.75) is 58.3 Å².